The third-order valence-electron chi connectivity index (χ3n) is 3.45. The topological polar surface area (TPSA) is 77.8 Å². The Bertz CT molecular complexity index is 421. The SMILES string of the molecule is CCCCC/C=C\C[C@H](O)[C@H](O)/C=C/C=C/C=C\CCCC(=O)O. The lowest BCUT2D eigenvalue weighted by Crippen LogP contribution is -2.22. The summed E-state index contributed by atoms with van der Waals surface area (Å²) in [5.74, 6) is -0.773. The third kappa shape index (κ3) is 15.3. The van der Waals surface area contributed by atoms with Gasteiger partial charge in [-0.05, 0) is 32.1 Å². The molecule has 0 aliphatic heterocycles. The van der Waals surface area contributed by atoms with Gasteiger partial charge in [-0.25, -0.2) is 0 Å². The van der Waals surface area contributed by atoms with Crippen LogP contribution in [0.4, 0.5) is 0 Å². The van der Waals surface area contributed by atoms with Gasteiger partial charge in [-0.2, -0.15) is 0 Å². The molecule has 24 heavy (non-hydrogen) atoms. The van der Waals surface area contributed by atoms with E-state index in [9.17, 15) is 15.0 Å². The van der Waals surface area contributed by atoms with Crippen LogP contribution in [0.2, 0.25) is 0 Å². The fraction of sp³-hybridized carbons (Fsp3) is 0.550. The van der Waals surface area contributed by atoms with Gasteiger partial charge in [0.1, 0.15) is 0 Å². The zero-order valence-electron chi connectivity index (χ0n) is 14.7. The highest BCUT2D eigenvalue weighted by Crippen LogP contribution is 2.05. The molecular formula is C20H32O4. The molecule has 0 aliphatic rings. The van der Waals surface area contributed by atoms with Crippen LogP contribution in [0.3, 0.4) is 0 Å². The lowest BCUT2D eigenvalue weighted by Gasteiger charge is -2.11. The maximum absolute atomic E-state index is 10.3. The van der Waals surface area contributed by atoms with Crippen LogP contribution in [0.5, 0.6) is 0 Å². The van der Waals surface area contributed by atoms with Crippen molar-refractivity contribution in [3.63, 3.8) is 0 Å². The molecule has 0 aromatic rings. The second-order valence-corrected chi connectivity index (χ2v) is 5.74. The molecular weight excluding hydrogens is 304 g/mol. The third-order valence-corrected chi connectivity index (χ3v) is 3.45. The number of allylic oxidation sites excluding steroid dienone is 6. The summed E-state index contributed by atoms with van der Waals surface area (Å²) in [6, 6.07) is 0. The monoisotopic (exact) mass is 336 g/mol. The molecule has 0 amide bonds. The maximum atomic E-state index is 10.3. The van der Waals surface area contributed by atoms with Crippen LogP contribution in [0.1, 0.15) is 58.3 Å². The summed E-state index contributed by atoms with van der Waals surface area (Å²) in [5, 5.41) is 28.1. The second kappa shape index (κ2) is 16.2. The van der Waals surface area contributed by atoms with Gasteiger partial charge in [-0.15, -0.1) is 0 Å². The first-order chi connectivity index (χ1) is 11.6. The van der Waals surface area contributed by atoms with Gasteiger partial charge < -0.3 is 15.3 Å². The Morgan fingerprint density at radius 3 is 2.33 bits per heavy atom. The summed E-state index contributed by atoms with van der Waals surface area (Å²) in [6.07, 6.45) is 19.5. The molecule has 0 aliphatic carbocycles. The number of carbonyl (C=O) groups is 1. The highest BCUT2D eigenvalue weighted by atomic mass is 16.4. The highest BCUT2D eigenvalue weighted by Gasteiger charge is 2.10. The van der Waals surface area contributed by atoms with Crippen LogP contribution < -0.4 is 0 Å². The van der Waals surface area contributed by atoms with Gasteiger partial charge >= 0.3 is 5.97 Å². The van der Waals surface area contributed by atoms with E-state index >= 15 is 0 Å². The summed E-state index contributed by atoms with van der Waals surface area (Å²) < 4.78 is 0. The molecule has 136 valence electrons. The molecule has 4 heteroatoms. The Balaban J connectivity index is 3.85. The summed E-state index contributed by atoms with van der Waals surface area (Å²) in [7, 11) is 0. The predicted octanol–water partition coefficient (Wildman–Crippen LogP) is 4.16. The number of carboxylic acids is 1. The second-order valence-electron chi connectivity index (χ2n) is 5.74. The van der Waals surface area contributed by atoms with Gasteiger partial charge in [0, 0.05) is 6.42 Å². The van der Waals surface area contributed by atoms with Crippen molar-refractivity contribution in [2.45, 2.75) is 70.5 Å². The van der Waals surface area contributed by atoms with Crippen molar-refractivity contribution in [2.24, 2.45) is 0 Å². The molecule has 0 unspecified atom stereocenters. The van der Waals surface area contributed by atoms with Gasteiger partial charge in [0.15, 0.2) is 0 Å². The molecule has 0 saturated heterocycles. The van der Waals surface area contributed by atoms with Crippen molar-refractivity contribution >= 4 is 5.97 Å². The minimum Gasteiger partial charge on any atom is -0.481 e. The van der Waals surface area contributed by atoms with Gasteiger partial charge in [0.05, 0.1) is 12.2 Å². The Morgan fingerprint density at radius 1 is 0.917 bits per heavy atom. The molecule has 0 spiro atoms. The van der Waals surface area contributed by atoms with Gasteiger partial charge in [0.25, 0.3) is 0 Å². The molecule has 0 heterocycles. The molecule has 3 N–H and O–H groups in total. The first-order valence-electron chi connectivity index (χ1n) is 8.80. The molecule has 2 atom stereocenters. The minimum atomic E-state index is -0.880. The van der Waals surface area contributed by atoms with E-state index in [1.807, 2.05) is 24.3 Å². The summed E-state index contributed by atoms with van der Waals surface area (Å²) >= 11 is 0. The van der Waals surface area contributed by atoms with E-state index in [4.69, 9.17) is 5.11 Å². The Morgan fingerprint density at radius 2 is 1.62 bits per heavy atom. The summed E-state index contributed by atoms with van der Waals surface area (Å²) in [6.45, 7) is 2.17. The van der Waals surface area contributed by atoms with Crippen molar-refractivity contribution in [1.29, 1.82) is 0 Å². The number of unbranched alkanes of at least 4 members (excludes halogenated alkanes) is 4. The number of aliphatic carboxylic acids is 1. The zero-order valence-corrected chi connectivity index (χ0v) is 14.7. The number of hydrogen-bond acceptors (Lipinski definition) is 3. The van der Waals surface area contributed by atoms with E-state index in [-0.39, 0.29) is 6.42 Å². The van der Waals surface area contributed by atoms with Crippen LogP contribution in [0, 0.1) is 0 Å². The van der Waals surface area contributed by atoms with Crippen LogP contribution in [-0.4, -0.2) is 33.5 Å². The molecule has 4 nitrogen and oxygen atoms in total. The van der Waals surface area contributed by atoms with Crippen molar-refractivity contribution in [3.8, 4) is 0 Å². The smallest absolute Gasteiger partial charge is 0.303 e. The molecule has 0 aromatic carbocycles. The van der Waals surface area contributed by atoms with E-state index in [1.54, 1.807) is 18.2 Å². The molecule has 0 rings (SSSR count). The molecule has 0 radical (unpaired) electrons. The average molecular weight is 336 g/mol. The van der Waals surface area contributed by atoms with E-state index < -0.39 is 18.2 Å². The summed E-state index contributed by atoms with van der Waals surface area (Å²) in [5.41, 5.74) is 0. The van der Waals surface area contributed by atoms with Crippen LogP contribution in [0.15, 0.2) is 48.6 Å². The molecule has 0 fully saturated rings. The normalized spacial score (nSPS) is 15.1. The number of rotatable bonds is 14. The van der Waals surface area contributed by atoms with Gasteiger partial charge in [0.2, 0.25) is 0 Å². The van der Waals surface area contributed by atoms with Gasteiger partial charge in [-0.1, -0.05) is 68.4 Å². The van der Waals surface area contributed by atoms with Crippen LogP contribution in [0.25, 0.3) is 0 Å². The van der Waals surface area contributed by atoms with Gasteiger partial charge in [-0.3, -0.25) is 4.79 Å². The fourth-order valence-corrected chi connectivity index (χ4v) is 1.99. The maximum Gasteiger partial charge on any atom is 0.303 e. The number of carboxylic acid groups (broad SMARTS) is 1. The van der Waals surface area contributed by atoms with Crippen molar-refractivity contribution < 1.29 is 20.1 Å². The first kappa shape index (κ1) is 22.4. The number of hydrogen-bond donors (Lipinski definition) is 3. The highest BCUT2D eigenvalue weighted by molar-refractivity contribution is 5.66. The average Bonchev–Trinajstić information content (AvgIpc) is 2.55. The summed E-state index contributed by atoms with van der Waals surface area (Å²) in [4.78, 5) is 10.3. The van der Waals surface area contributed by atoms with Crippen LogP contribution >= 0.6 is 0 Å². The predicted molar refractivity (Wildman–Crippen MR) is 98.8 cm³/mol. The standard InChI is InChI=1S/C20H32O4/c1-2-3-4-5-9-12-15-18(21)19(22)16-13-10-7-6-8-11-14-17-20(23)24/h6-10,12-13,16,18-19,21-22H,2-5,11,14-15,17H2,1H3,(H,23,24)/b8-6-,10-7+,12-9-,16-13+/t18-,19+/m0/s1. The van der Waals surface area contributed by atoms with Crippen molar-refractivity contribution in [2.75, 3.05) is 0 Å². The Labute approximate surface area is 145 Å². The van der Waals surface area contributed by atoms with Crippen molar-refractivity contribution in [3.05, 3.63) is 48.6 Å². The minimum absolute atomic E-state index is 0.186. The van der Waals surface area contributed by atoms with E-state index in [0.29, 0.717) is 12.8 Å². The Kier molecular flexibility index (Phi) is 15.1. The van der Waals surface area contributed by atoms with Crippen LogP contribution in [-0.2, 0) is 4.79 Å². The van der Waals surface area contributed by atoms with E-state index in [0.717, 1.165) is 12.8 Å². The van der Waals surface area contributed by atoms with E-state index in [1.165, 1.54) is 19.3 Å². The lowest BCUT2D eigenvalue weighted by molar-refractivity contribution is -0.137. The number of aliphatic hydroxyl groups excluding tert-OH is 2. The Hall–Kier alpha value is -1.65. The molecule has 0 aromatic heterocycles. The van der Waals surface area contributed by atoms with Crippen molar-refractivity contribution in [1.82, 2.24) is 0 Å². The zero-order chi connectivity index (χ0) is 18.0. The number of aliphatic hydroxyl groups is 2. The lowest BCUT2D eigenvalue weighted by atomic mass is 10.1. The quantitative estimate of drug-likeness (QED) is 0.253. The largest absolute Gasteiger partial charge is 0.481 e. The molecule has 0 saturated carbocycles. The molecule has 0 bridgehead atoms. The fourth-order valence-electron chi connectivity index (χ4n) is 1.99. The first-order valence-corrected chi connectivity index (χ1v) is 8.80. The van der Waals surface area contributed by atoms with E-state index in [2.05, 4.69) is 13.0 Å².